The zero-order valence-corrected chi connectivity index (χ0v) is 16.0. The van der Waals surface area contributed by atoms with Gasteiger partial charge in [0, 0.05) is 25.7 Å². The molecule has 1 heterocycles. The Morgan fingerprint density at radius 2 is 1.57 bits per heavy atom. The third kappa shape index (κ3) is 5.39. The van der Waals surface area contributed by atoms with Crippen molar-refractivity contribution < 1.29 is 4.39 Å². The van der Waals surface area contributed by atoms with Gasteiger partial charge in [-0.05, 0) is 29.7 Å². The highest BCUT2D eigenvalue weighted by atomic mass is 19.1. The minimum atomic E-state index is -0.321. The van der Waals surface area contributed by atoms with E-state index in [0.29, 0.717) is 17.6 Å². The van der Waals surface area contributed by atoms with Gasteiger partial charge in [0.1, 0.15) is 5.82 Å². The van der Waals surface area contributed by atoms with Gasteiger partial charge in [0.05, 0.1) is 12.2 Å². The van der Waals surface area contributed by atoms with Crippen molar-refractivity contribution in [1.82, 2.24) is 15.6 Å². The van der Waals surface area contributed by atoms with Crippen molar-refractivity contribution in [2.24, 2.45) is 4.99 Å². The summed E-state index contributed by atoms with van der Waals surface area (Å²) in [6.07, 6.45) is 2.49. The summed E-state index contributed by atoms with van der Waals surface area (Å²) in [4.78, 5) is 8.27. The van der Waals surface area contributed by atoms with Gasteiger partial charge in [-0.25, -0.2) is 4.39 Å². The molecule has 0 saturated heterocycles. The smallest absolute Gasteiger partial charge is 0.191 e. The maximum absolute atomic E-state index is 13.7. The molecule has 2 aromatic carbocycles. The maximum atomic E-state index is 13.7. The standard InChI is InChI=1S/C23H25FN4/c1-25-23(28-17-22-21(24)13-8-15-26-22)27-16-14-20(18-9-4-2-5-10-18)19-11-6-3-7-12-19/h2-13,15,20H,14,16-17H2,1H3,(H2,25,27,28). The molecule has 0 radical (unpaired) electrons. The number of pyridine rings is 1. The predicted octanol–water partition coefficient (Wildman–Crippen LogP) is 4.11. The number of benzene rings is 2. The van der Waals surface area contributed by atoms with E-state index in [1.54, 1.807) is 19.3 Å². The number of aromatic nitrogens is 1. The first-order valence-corrected chi connectivity index (χ1v) is 9.41. The first-order valence-electron chi connectivity index (χ1n) is 9.41. The Morgan fingerprint density at radius 3 is 2.14 bits per heavy atom. The van der Waals surface area contributed by atoms with Crippen LogP contribution >= 0.6 is 0 Å². The van der Waals surface area contributed by atoms with Crippen molar-refractivity contribution in [3.8, 4) is 0 Å². The summed E-state index contributed by atoms with van der Waals surface area (Å²) in [6.45, 7) is 1.02. The van der Waals surface area contributed by atoms with Crippen LogP contribution in [0.3, 0.4) is 0 Å². The van der Waals surface area contributed by atoms with E-state index in [1.165, 1.54) is 17.2 Å². The lowest BCUT2D eigenvalue weighted by Crippen LogP contribution is -2.38. The van der Waals surface area contributed by atoms with Gasteiger partial charge in [0.2, 0.25) is 0 Å². The van der Waals surface area contributed by atoms with E-state index in [-0.39, 0.29) is 12.4 Å². The quantitative estimate of drug-likeness (QED) is 0.482. The van der Waals surface area contributed by atoms with Crippen LogP contribution in [0.4, 0.5) is 4.39 Å². The lowest BCUT2D eigenvalue weighted by Gasteiger charge is -2.19. The van der Waals surface area contributed by atoms with E-state index in [9.17, 15) is 4.39 Å². The van der Waals surface area contributed by atoms with Crippen molar-refractivity contribution in [2.75, 3.05) is 13.6 Å². The van der Waals surface area contributed by atoms with Gasteiger partial charge < -0.3 is 10.6 Å². The molecular formula is C23H25FN4. The normalized spacial score (nSPS) is 11.5. The fraction of sp³-hybridized carbons (Fsp3) is 0.217. The molecule has 0 aliphatic rings. The molecule has 28 heavy (non-hydrogen) atoms. The zero-order chi connectivity index (χ0) is 19.6. The van der Waals surface area contributed by atoms with E-state index in [2.05, 4.69) is 69.1 Å². The molecule has 0 fully saturated rings. The summed E-state index contributed by atoms with van der Waals surface area (Å²) >= 11 is 0. The fourth-order valence-corrected chi connectivity index (χ4v) is 3.17. The third-order valence-corrected chi connectivity index (χ3v) is 4.61. The molecule has 3 rings (SSSR count). The number of halogens is 1. The average Bonchev–Trinajstić information content (AvgIpc) is 2.75. The van der Waals surface area contributed by atoms with Crippen LogP contribution in [-0.4, -0.2) is 24.5 Å². The molecule has 3 aromatic rings. The SMILES string of the molecule is CN=C(NCCC(c1ccccc1)c1ccccc1)NCc1ncccc1F. The second-order valence-corrected chi connectivity index (χ2v) is 6.45. The van der Waals surface area contributed by atoms with Crippen LogP contribution in [-0.2, 0) is 6.54 Å². The predicted molar refractivity (Wildman–Crippen MR) is 112 cm³/mol. The summed E-state index contributed by atoms with van der Waals surface area (Å²) in [5, 5.41) is 6.43. The molecule has 0 atom stereocenters. The molecule has 0 aliphatic carbocycles. The molecule has 1 aromatic heterocycles. The number of nitrogens with zero attached hydrogens (tertiary/aromatic N) is 2. The summed E-state index contributed by atoms with van der Waals surface area (Å²) in [5.41, 5.74) is 2.94. The van der Waals surface area contributed by atoms with Gasteiger partial charge in [-0.1, -0.05) is 60.7 Å². The highest BCUT2D eigenvalue weighted by molar-refractivity contribution is 5.79. The number of guanidine groups is 1. The lowest BCUT2D eigenvalue weighted by molar-refractivity contribution is 0.592. The van der Waals surface area contributed by atoms with E-state index in [0.717, 1.165) is 13.0 Å². The van der Waals surface area contributed by atoms with E-state index in [1.807, 2.05) is 12.1 Å². The van der Waals surface area contributed by atoms with Gasteiger partial charge in [-0.3, -0.25) is 9.98 Å². The van der Waals surface area contributed by atoms with E-state index in [4.69, 9.17) is 0 Å². The minimum Gasteiger partial charge on any atom is -0.356 e. The van der Waals surface area contributed by atoms with Crippen molar-refractivity contribution in [3.63, 3.8) is 0 Å². The molecule has 0 unspecified atom stereocenters. The van der Waals surface area contributed by atoms with Crippen LogP contribution in [0.25, 0.3) is 0 Å². The minimum absolute atomic E-state index is 0.285. The number of aliphatic imine (C=N–C) groups is 1. The fourth-order valence-electron chi connectivity index (χ4n) is 3.17. The molecule has 2 N–H and O–H groups in total. The van der Waals surface area contributed by atoms with Crippen LogP contribution < -0.4 is 10.6 Å². The Kier molecular flexibility index (Phi) is 7.13. The largest absolute Gasteiger partial charge is 0.356 e. The van der Waals surface area contributed by atoms with E-state index < -0.39 is 0 Å². The topological polar surface area (TPSA) is 49.3 Å². The molecule has 0 spiro atoms. The van der Waals surface area contributed by atoms with Crippen molar-refractivity contribution >= 4 is 5.96 Å². The van der Waals surface area contributed by atoms with Crippen LogP contribution in [0, 0.1) is 5.82 Å². The molecule has 0 amide bonds. The van der Waals surface area contributed by atoms with Gasteiger partial charge in [0.25, 0.3) is 0 Å². The molecule has 0 saturated carbocycles. The van der Waals surface area contributed by atoms with Crippen LogP contribution in [0.2, 0.25) is 0 Å². The first-order chi connectivity index (χ1) is 13.8. The number of nitrogens with one attached hydrogen (secondary N) is 2. The van der Waals surface area contributed by atoms with Crippen LogP contribution in [0.5, 0.6) is 0 Å². The highest BCUT2D eigenvalue weighted by Crippen LogP contribution is 2.27. The monoisotopic (exact) mass is 376 g/mol. The van der Waals surface area contributed by atoms with Crippen molar-refractivity contribution in [3.05, 3.63) is 102 Å². The Balaban J connectivity index is 1.59. The first kappa shape index (κ1) is 19.5. The number of rotatable bonds is 7. The Hall–Kier alpha value is -3.21. The molecule has 5 heteroatoms. The van der Waals surface area contributed by atoms with Gasteiger partial charge >= 0.3 is 0 Å². The van der Waals surface area contributed by atoms with Crippen LogP contribution in [0.15, 0.2) is 84.0 Å². The van der Waals surface area contributed by atoms with Crippen molar-refractivity contribution in [1.29, 1.82) is 0 Å². The average molecular weight is 376 g/mol. The maximum Gasteiger partial charge on any atom is 0.191 e. The second-order valence-electron chi connectivity index (χ2n) is 6.45. The molecular weight excluding hydrogens is 351 g/mol. The summed E-state index contributed by atoms with van der Waals surface area (Å²) in [7, 11) is 1.70. The van der Waals surface area contributed by atoms with Gasteiger partial charge in [-0.15, -0.1) is 0 Å². The molecule has 0 aliphatic heterocycles. The molecule has 4 nitrogen and oxygen atoms in total. The van der Waals surface area contributed by atoms with Gasteiger partial charge in [0.15, 0.2) is 5.96 Å². The summed E-state index contributed by atoms with van der Waals surface area (Å²) in [6, 6.07) is 24.0. The summed E-state index contributed by atoms with van der Waals surface area (Å²) in [5.74, 6) is 0.602. The van der Waals surface area contributed by atoms with E-state index >= 15 is 0 Å². The molecule has 144 valence electrons. The Bertz CT molecular complexity index is 842. The third-order valence-electron chi connectivity index (χ3n) is 4.61. The van der Waals surface area contributed by atoms with Gasteiger partial charge in [-0.2, -0.15) is 0 Å². The number of hydrogen-bond acceptors (Lipinski definition) is 2. The Labute approximate surface area is 165 Å². The Morgan fingerprint density at radius 1 is 0.929 bits per heavy atom. The second kappa shape index (κ2) is 10.2. The number of hydrogen-bond donors (Lipinski definition) is 2. The van der Waals surface area contributed by atoms with Crippen LogP contribution in [0.1, 0.15) is 29.2 Å². The highest BCUT2D eigenvalue weighted by Gasteiger charge is 2.14. The van der Waals surface area contributed by atoms with Crippen molar-refractivity contribution in [2.45, 2.75) is 18.9 Å². The zero-order valence-electron chi connectivity index (χ0n) is 16.0. The molecule has 0 bridgehead atoms. The lowest BCUT2D eigenvalue weighted by atomic mass is 9.88. The summed E-state index contributed by atoms with van der Waals surface area (Å²) < 4.78 is 13.7.